The van der Waals surface area contributed by atoms with Crippen LogP contribution in [0.3, 0.4) is 0 Å². The first kappa shape index (κ1) is 15.5. The molecule has 0 aliphatic carbocycles. The van der Waals surface area contributed by atoms with Crippen LogP contribution >= 0.6 is 0 Å². The van der Waals surface area contributed by atoms with Crippen molar-refractivity contribution in [1.82, 2.24) is 5.32 Å². The second-order valence-electron chi connectivity index (χ2n) is 4.91. The predicted molar refractivity (Wildman–Crippen MR) is 78.7 cm³/mol. The number of nitrogens with zero attached hydrogens (tertiary/aromatic N) is 1. The molecule has 2 N–H and O–H groups in total. The minimum absolute atomic E-state index is 0.613. The lowest BCUT2D eigenvalue weighted by atomic mass is 9.96. The van der Waals surface area contributed by atoms with Crippen molar-refractivity contribution in [2.45, 2.75) is 32.2 Å². The van der Waals surface area contributed by atoms with E-state index in [2.05, 4.69) is 29.3 Å². The maximum absolute atomic E-state index is 11.2. The van der Waals surface area contributed by atoms with Gasteiger partial charge >= 0.3 is 5.97 Å². The fourth-order valence-corrected chi connectivity index (χ4v) is 2.07. The molecular formula is C15H24N2O2. The van der Waals surface area contributed by atoms with E-state index in [0.29, 0.717) is 6.42 Å². The van der Waals surface area contributed by atoms with Gasteiger partial charge < -0.3 is 15.3 Å². The van der Waals surface area contributed by atoms with E-state index in [9.17, 15) is 9.90 Å². The Morgan fingerprint density at radius 1 is 1.37 bits per heavy atom. The summed E-state index contributed by atoms with van der Waals surface area (Å²) in [5.74, 6) is -0.794. The highest BCUT2D eigenvalue weighted by atomic mass is 16.4. The van der Waals surface area contributed by atoms with Crippen molar-refractivity contribution in [3.63, 3.8) is 0 Å². The Hall–Kier alpha value is -1.55. The van der Waals surface area contributed by atoms with Crippen LogP contribution in [-0.4, -0.2) is 36.8 Å². The fraction of sp³-hybridized carbons (Fsp3) is 0.533. The molecule has 0 fully saturated rings. The van der Waals surface area contributed by atoms with Crippen molar-refractivity contribution in [2.75, 3.05) is 25.0 Å². The van der Waals surface area contributed by atoms with Gasteiger partial charge in [-0.1, -0.05) is 18.2 Å². The van der Waals surface area contributed by atoms with Gasteiger partial charge in [0.2, 0.25) is 0 Å². The number of nitrogens with one attached hydrogen (secondary N) is 1. The quantitative estimate of drug-likeness (QED) is 0.757. The summed E-state index contributed by atoms with van der Waals surface area (Å²) >= 11 is 0. The number of hydrogen-bond acceptors (Lipinski definition) is 3. The number of rotatable bonds is 8. The summed E-state index contributed by atoms with van der Waals surface area (Å²) in [6, 6.07) is 10.2. The molecule has 1 aromatic rings. The minimum atomic E-state index is -0.837. The number of likely N-dealkylation sites (N-methyl/N-ethyl adjacent to an activating group) is 1. The summed E-state index contributed by atoms with van der Waals surface area (Å²) in [5.41, 5.74) is 0.349. The summed E-state index contributed by atoms with van der Waals surface area (Å²) in [7, 11) is 1.70. The third-order valence-corrected chi connectivity index (χ3v) is 3.63. The van der Waals surface area contributed by atoms with Gasteiger partial charge in [-0.25, -0.2) is 0 Å². The lowest BCUT2D eigenvalue weighted by Gasteiger charge is -2.27. The fourth-order valence-electron chi connectivity index (χ4n) is 2.07. The average molecular weight is 264 g/mol. The van der Waals surface area contributed by atoms with Crippen LogP contribution in [0.4, 0.5) is 5.69 Å². The lowest BCUT2D eigenvalue weighted by molar-refractivity contribution is -0.144. The molecule has 1 aromatic carbocycles. The van der Waals surface area contributed by atoms with Gasteiger partial charge in [-0.15, -0.1) is 0 Å². The second kappa shape index (κ2) is 7.14. The Morgan fingerprint density at radius 3 is 2.47 bits per heavy atom. The van der Waals surface area contributed by atoms with E-state index >= 15 is 0 Å². The zero-order chi connectivity index (χ0) is 14.3. The molecule has 4 heteroatoms. The molecule has 0 bridgehead atoms. The molecule has 0 radical (unpaired) electrons. The number of para-hydroxylation sites is 1. The number of carbonyl (C=O) groups is 1. The van der Waals surface area contributed by atoms with Gasteiger partial charge in [0.05, 0.1) is 0 Å². The van der Waals surface area contributed by atoms with E-state index in [0.717, 1.165) is 19.5 Å². The van der Waals surface area contributed by atoms with E-state index in [4.69, 9.17) is 0 Å². The van der Waals surface area contributed by atoms with E-state index in [1.54, 1.807) is 14.0 Å². The molecule has 0 saturated carbocycles. The number of benzene rings is 1. The highest BCUT2D eigenvalue weighted by Gasteiger charge is 2.30. The molecule has 0 spiro atoms. The van der Waals surface area contributed by atoms with Crippen LogP contribution in [-0.2, 0) is 4.79 Å². The first-order chi connectivity index (χ1) is 9.03. The molecule has 1 rings (SSSR count). The van der Waals surface area contributed by atoms with Crippen molar-refractivity contribution in [3.8, 4) is 0 Å². The Morgan fingerprint density at radius 2 is 2.00 bits per heavy atom. The van der Waals surface area contributed by atoms with Crippen LogP contribution in [0.1, 0.15) is 26.7 Å². The van der Waals surface area contributed by atoms with Crippen molar-refractivity contribution >= 4 is 11.7 Å². The van der Waals surface area contributed by atoms with Crippen LogP contribution in [0.15, 0.2) is 30.3 Å². The average Bonchev–Trinajstić information content (AvgIpc) is 2.44. The Kier molecular flexibility index (Phi) is 5.83. The summed E-state index contributed by atoms with van der Waals surface area (Å²) in [5, 5.41) is 12.1. The van der Waals surface area contributed by atoms with Gasteiger partial charge in [-0.3, -0.25) is 4.79 Å². The monoisotopic (exact) mass is 264 g/mol. The van der Waals surface area contributed by atoms with Crippen LogP contribution in [0.25, 0.3) is 0 Å². The topological polar surface area (TPSA) is 52.6 Å². The molecule has 0 heterocycles. The van der Waals surface area contributed by atoms with Gasteiger partial charge in [-0.05, 0) is 45.9 Å². The predicted octanol–water partition coefficient (Wildman–Crippen LogP) is 2.36. The molecule has 0 aromatic heterocycles. The molecule has 19 heavy (non-hydrogen) atoms. The molecule has 4 nitrogen and oxygen atoms in total. The molecule has 1 atom stereocenters. The highest BCUT2D eigenvalue weighted by Crippen LogP contribution is 2.17. The lowest BCUT2D eigenvalue weighted by Crippen LogP contribution is -2.47. The normalized spacial score (nSPS) is 13.8. The third kappa shape index (κ3) is 4.24. The van der Waals surface area contributed by atoms with Crippen LogP contribution in [0.2, 0.25) is 0 Å². The van der Waals surface area contributed by atoms with Crippen LogP contribution in [0, 0.1) is 0 Å². The summed E-state index contributed by atoms with van der Waals surface area (Å²) in [6.45, 7) is 5.63. The highest BCUT2D eigenvalue weighted by molar-refractivity contribution is 5.78. The molecule has 1 unspecified atom stereocenters. The van der Waals surface area contributed by atoms with Gasteiger partial charge in [0.1, 0.15) is 5.54 Å². The molecule has 106 valence electrons. The Balaban J connectivity index is 2.53. The second-order valence-corrected chi connectivity index (χ2v) is 4.91. The van der Waals surface area contributed by atoms with E-state index in [-0.39, 0.29) is 0 Å². The van der Waals surface area contributed by atoms with Gasteiger partial charge in [0.15, 0.2) is 0 Å². The molecule has 0 aliphatic rings. The van der Waals surface area contributed by atoms with Crippen molar-refractivity contribution in [1.29, 1.82) is 0 Å². The first-order valence-electron chi connectivity index (χ1n) is 6.76. The zero-order valence-electron chi connectivity index (χ0n) is 12.0. The van der Waals surface area contributed by atoms with Gasteiger partial charge in [0.25, 0.3) is 0 Å². The molecular weight excluding hydrogens is 240 g/mol. The smallest absolute Gasteiger partial charge is 0.323 e. The summed E-state index contributed by atoms with van der Waals surface area (Å²) < 4.78 is 0. The van der Waals surface area contributed by atoms with Gasteiger partial charge in [-0.2, -0.15) is 0 Å². The van der Waals surface area contributed by atoms with E-state index in [1.165, 1.54) is 5.69 Å². The number of carboxylic acids is 1. The van der Waals surface area contributed by atoms with Gasteiger partial charge in [0, 0.05) is 18.8 Å². The summed E-state index contributed by atoms with van der Waals surface area (Å²) in [4.78, 5) is 13.5. The molecule has 0 saturated heterocycles. The zero-order valence-corrected chi connectivity index (χ0v) is 12.0. The van der Waals surface area contributed by atoms with E-state index < -0.39 is 11.5 Å². The standard InChI is InChI=1S/C15H24N2O2/c1-4-17(13-9-6-5-7-10-13)12-8-11-15(2,16-3)14(18)19/h5-7,9-10,16H,4,8,11-12H2,1-3H3,(H,18,19). The maximum atomic E-state index is 11.2. The van der Waals surface area contributed by atoms with Crippen LogP contribution in [0.5, 0.6) is 0 Å². The minimum Gasteiger partial charge on any atom is -0.480 e. The van der Waals surface area contributed by atoms with Crippen molar-refractivity contribution in [2.24, 2.45) is 0 Å². The molecule has 0 amide bonds. The number of carboxylic acid groups (broad SMARTS) is 1. The third-order valence-electron chi connectivity index (χ3n) is 3.63. The largest absolute Gasteiger partial charge is 0.480 e. The number of anilines is 1. The Labute approximate surface area is 115 Å². The number of hydrogen-bond donors (Lipinski definition) is 2. The molecule has 0 aliphatic heterocycles. The van der Waals surface area contributed by atoms with E-state index in [1.807, 2.05) is 18.2 Å². The number of aliphatic carboxylic acids is 1. The SMILES string of the molecule is CCN(CCCC(C)(NC)C(=O)O)c1ccccc1. The maximum Gasteiger partial charge on any atom is 0.323 e. The Bertz CT molecular complexity index is 394. The van der Waals surface area contributed by atoms with Crippen LogP contribution < -0.4 is 10.2 Å². The summed E-state index contributed by atoms with van der Waals surface area (Å²) in [6.07, 6.45) is 1.45. The van der Waals surface area contributed by atoms with Crippen molar-refractivity contribution < 1.29 is 9.90 Å². The van der Waals surface area contributed by atoms with Crippen molar-refractivity contribution in [3.05, 3.63) is 30.3 Å². The first-order valence-corrected chi connectivity index (χ1v) is 6.76.